The highest BCUT2D eigenvalue weighted by Crippen LogP contribution is 2.09. The molecular formula is C16H12BrN3O4. The third-order valence-corrected chi connectivity index (χ3v) is 3.73. The number of fused-ring (bicyclic) bond motifs is 1. The summed E-state index contributed by atoms with van der Waals surface area (Å²) in [6.45, 7) is -0.332. The summed E-state index contributed by atoms with van der Waals surface area (Å²) in [5.41, 5.74) is 0.237. The number of pyridine rings is 2. The highest BCUT2D eigenvalue weighted by Gasteiger charge is 2.08. The van der Waals surface area contributed by atoms with Gasteiger partial charge in [0.15, 0.2) is 0 Å². The second-order valence-electron chi connectivity index (χ2n) is 4.99. The van der Waals surface area contributed by atoms with E-state index in [1.807, 2.05) is 0 Å². The van der Waals surface area contributed by atoms with Gasteiger partial charge in [0.2, 0.25) is 0 Å². The van der Waals surface area contributed by atoms with Crippen LogP contribution in [0.4, 0.5) is 0 Å². The quantitative estimate of drug-likeness (QED) is 0.629. The zero-order chi connectivity index (χ0) is 17.1. The van der Waals surface area contributed by atoms with Gasteiger partial charge in [0.25, 0.3) is 11.1 Å². The Labute approximate surface area is 144 Å². The number of rotatable bonds is 4. The molecule has 0 atom stereocenters. The Morgan fingerprint density at radius 2 is 2.00 bits per heavy atom. The van der Waals surface area contributed by atoms with Gasteiger partial charge in [-0.05, 0) is 34.1 Å². The van der Waals surface area contributed by atoms with E-state index in [9.17, 15) is 14.4 Å². The van der Waals surface area contributed by atoms with Crippen molar-refractivity contribution in [3.63, 3.8) is 0 Å². The summed E-state index contributed by atoms with van der Waals surface area (Å²) < 4.78 is 8.48. The van der Waals surface area contributed by atoms with E-state index in [0.717, 1.165) is 4.47 Å². The molecule has 7 nitrogen and oxygen atoms in total. The number of esters is 1. The zero-order valence-corrected chi connectivity index (χ0v) is 14.0. The maximum Gasteiger partial charge on any atom is 0.326 e. The lowest BCUT2D eigenvalue weighted by Gasteiger charge is -2.07. The van der Waals surface area contributed by atoms with Gasteiger partial charge in [0, 0.05) is 29.0 Å². The molecule has 8 heteroatoms. The van der Waals surface area contributed by atoms with Crippen LogP contribution in [0, 0.1) is 0 Å². The van der Waals surface area contributed by atoms with E-state index in [2.05, 4.69) is 20.9 Å². The molecule has 0 N–H and O–H groups in total. The zero-order valence-electron chi connectivity index (χ0n) is 12.4. The van der Waals surface area contributed by atoms with Crippen molar-refractivity contribution >= 4 is 27.5 Å². The Kier molecular flexibility index (Phi) is 4.57. The standard InChI is InChI=1S/C16H12BrN3O4/c17-11-4-5-13-18-12(7-15(22)20(13)8-11)10-24-16(23)9-19-6-2-1-3-14(19)21/h1-8H,9-10H2. The molecule has 0 fully saturated rings. The van der Waals surface area contributed by atoms with Gasteiger partial charge in [-0.15, -0.1) is 0 Å². The van der Waals surface area contributed by atoms with Gasteiger partial charge in [0.05, 0.1) is 5.69 Å². The predicted molar refractivity (Wildman–Crippen MR) is 89.7 cm³/mol. The van der Waals surface area contributed by atoms with Crippen LogP contribution in [0.15, 0.2) is 62.9 Å². The Bertz CT molecular complexity index is 1030. The van der Waals surface area contributed by atoms with Crippen LogP contribution >= 0.6 is 15.9 Å². The van der Waals surface area contributed by atoms with Gasteiger partial charge in [-0.1, -0.05) is 6.07 Å². The summed E-state index contributed by atoms with van der Waals surface area (Å²) in [7, 11) is 0. The Balaban J connectivity index is 1.73. The van der Waals surface area contributed by atoms with Gasteiger partial charge >= 0.3 is 5.97 Å². The summed E-state index contributed by atoms with van der Waals surface area (Å²) in [6, 6.07) is 9.35. The van der Waals surface area contributed by atoms with Crippen LogP contribution in [0.5, 0.6) is 0 Å². The number of ether oxygens (including phenoxy) is 1. The van der Waals surface area contributed by atoms with Gasteiger partial charge in [-0.25, -0.2) is 4.98 Å². The average molecular weight is 390 g/mol. The molecule has 0 aliphatic carbocycles. The van der Waals surface area contributed by atoms with Crippen LogP contribution in [-0.4, -0.2) is 19.9 Å². The van der Waals surface area contributed by atoms with Crippen LogP contribution in [0.25, 0.3) is 5.65 Å². The van der Waals surface area contributed by atoms with Crippen LogP contribution in [0.3, 0.4) is 0 Å². The molecular weight excluding hydrogens is 378 g/mol. The van der Waals surface area contributed by atoms with E-state index in [1.54, 1.807) is 30.5 Å². The summed E-state index contributed by atoms with van der Waals surface area (Å²) >= 11 is 3.29. The van der Waals surface area contributed by atoms with Gasteiger partial charge in [0.1, 0.15) is 18.8 Å². The third-order valence-electron chi connectivity index (χ3n) is 3.26. The molecule has 0 amide bonds. The van der Waals surface area contributed by atoms with Gasteiger partial charge in [-0.3, -0.25) is 18.8 Å². The number of nitrogens with zero attached hydrogens (tertiary/aromatic N) is 3. The monoisotopic (exact) mass is 389 g/mol. The molecule has 0 bridgehead atoms. The summed E-state index contributed by atoms with van der Waals surface area (Å²) in [5.74, 6) is -0.582. The molecule has 0 saturated heterocycles. The van der Waals surface area contributed by atoms with Crippen molar-refractivity contribution in [1.29, 1.82) is 0 Å². The minimum Gasteiger partial charge on any atom is -0.458 e. The third kappa shape index (κ3) is 3.60. The van der Waals surface area contributed by atoms with E-state index in [0.29, 0.717) is 11.3 Å². The molecule has 0 radical (unpaired) electrons. The number of aromatic nitrogens is 3. The molecule has 0 spiro atoms. The van der Waals surface area contributed by atoms with Crippen molar-refractivity contribution < 1.29 is 9.53 Å². The van der Waals surface area contributed by atoms with E-state index >= 15 is 0 Å². The fourth-order valence-electron chi connectivity index (χ4n) is 2.13. The average Bonchev–Trinajstić information content (AvgIpc) is 2.56. The van der Waals surface area contributed by atoms with Crippen LogP contribution in [0.1, 0.15) is 5.69 Å². The molecule has 0 aliphatic rings. The number of carbonyl (C=O) groups excluding carboxylic acids is 1. The molecule has 24 heavy (non-hydrogen) atoms. The van der Waals surface area contributed by atoms with E-state index in [-0.39, 0.29) is 24.3 Å². The minimum absolute atomic E-state index is 0.137. The minimum atomic E-state index is -0.582. The first-order valence-corrected chi connectivity index (χ1v) is 7.81. The second kappa shape index (κ2) is 6.79. The molecule has 3 aromatic rings. The predicted octanol–water partition coefficient (Wildman–Crippen LogP) is 1.36. The lowest BCUT2D eigenvalue weighted by Crippen LogP contribution is -2.24. The van der Waals surface area contributed by atoms with Crippen LogP contribution < -0.4 is 11.1 Å². The molecule has 0 aromatic carbocycles. The Hall–Kier alpha value is -2.74. The van der Waals surface area contributed by atoms with Gasteiger partial charge < -0.3 is 9.30 Å². The van der Waals surface area contributed by atoms with Crippen molar-refractivity contribution in [2.45, 2.75) is 13.2 Å². The van der Waals surface area contributed by atoms with Crippen molar-refractivity contribution in [3.05, 3.63) is 79.7 Å². The van der Waals surface area contributed by atoms with E-state index in [1.165, 1.54) is 27.3 Å². The van der Waals surface area contributed by atoms with Crippen molar-refractivity contribution in [2.24, 2.45) is 0 Å². The molecule has 3 heterocycles. The van der Waals surface area contributed by atoms with E-state index < -0.39 is 5.97 Å². The first-order chi connectivity index (χ1) is 11.5. The fraction of sp³-hybridized carbons (Fsp3) is 0.125. The fourth-order valence-corrected chi connectivity index (χ4v) is 2.47. The summed E-state index contributed by atoms with van der Waals surface area (Å²) in [6.07, 6.45) is 3.12. The van der Waals surface area contributed by atoms with E-state index in [4.69, 9.17) is 4.74 Å². The number of halogens is 1. The molecule has 122 valence electrons. The van der Waals surface area contributed by atoms with Crippen molar-refractivity contribution in [3.8, 4) is 0 Å². The largest absolute Gasteiger partial charge is 0.458 e. The first-order valence-electron chi connectivity index (χ1n) is 7.02. The maximum absolute atomic E-state index is 12.0. The topological polar surface area (TPSA) is 82.7 Å². The maximum atomic E-state index is 12.0. The lowest BCUT2D eigenvalue weighted by atomic mass is 10.4. The highest BCUT2D eigenvalue weighted by atomic mass is 79.9. The van der Waals surface area contributed by atoms with Crippen molar-refractivity contribution in [1.82, 2.24) is 14.0 Å². The second-order valence-corrected chi connectivity index (χ2v) is 5.90. The normalized spacial score (nSPS) is 10.7. The molecule has 0 unspecified atom stereocenters. The Morgan fingerprint density at radius 3 is 2.79 bits per heavy atom. The molecule has 3 rings (SSSR count). The SMILES string of the molecule is O=C(Cn1ccccc1=O)OCc1cc(=O)n2cc(Br)ccc2n1. The first kappa shape index (κ1) is 16.1. The summed E-state index contributed by atoms with van der Waals surface area (Å²) in [4.78, 5) is 39.7. The number of carbonyl (C=O) groups is 1. The highest BCUT2D eigenvalue weighted by molar-refractivity contribution is 9.10. The molecule has 3 aromatic heterocycles. The smallest absolute Gasteiger partial charge is 0.326 e. The van der Waals surface area contributed by atoms with Crippen LogP contribution in [-0.2, 0) is 22.7 Å². The number of hydrogen-bond acceptors (Lipinski definition) is 5. The molecule has 0 saturated carbocycles. The molecule has 0 aliphatic heterocycles. The van der Waals surface area contributed by atoms with Crippen LogP contribution in [0.2, 0.25) is 0 Å². The Morgan fingerprint density at radius 1 is 1.17 bits per heavy atom. The van der Waals surface area contributed by atoms with Gasteiger partial charge in [-0.2, -0.15) is 0 Å². The van der Waals surface area contributed by atoms with Crippen molar-refractivity contribution in [2.75, 3.05) is 0 Å². The lowest BCUT2D eigenvalue weighted by molar-refractivity contribution is -0.145. The number of hydrogen-bond donors (Lipinski definition) is 0. The summed E-state index contributed by atoms with van der Waals surface area (Å²) in [5, 5.41) is 0.